The molecule has 1 aliphatic heterocycles. The molecule has 0 aliphatic carbocycles. The Morgan fingerprint density at radius 1 is 0.972 bits per heavy atom. The molecule has 0 N–H and O–H groups in total. The zero-order valence-corrected chi connectivity index (χ0v) is 21.8. The second-order valence-electron chi connectivity index (χ2n) is 9.08. The number of hydrogen-bond acceptors (Lipinski definition) is 4. The maximum absolute atomic E-state index is 13.7. The van der Waals surface area contributed by atoms with Crippen molar-refractivity contribution in [2.45, 2.75) is 38.6 Å². The van der Waals surface area contributed by atoms with Crippen LogP contribution in [-0.2, 0) is 6.42 Å². The number of rotatable bonds is 9. The normalized spacial score (nSPS) is 14.9. The summed E-state index contributed by atoms with van der Waals surface area (Å²) in [5.74, 6) is 0.658. The molecule has 0 bridgehead atoms. The highest BCUT2D eigenvalue weighted by molar-refractivity contribution is 9.10. The number of unbranched alkanes of at least 4 members (excludes halogenated alkanes) is 2. The molecule has 184 valence electrons. The van der Waals surface area contributed by atoms with Gasteiger partial charge in [-0.1, -0.05) is 78.2 Å². The van der Waals surface area contributed by atoms with E-state index < -0.39 is 6.04 Å². The second-order valence-corrected chi connectivity index (χ2v) is 9.99. The molecular weight excluding hydrogens is 518 g/mol. The van der Waals surface area contributed by atoms with Crippen LogP contribution in [0.1, 0.15) is 59.5 Å². The summed E-state index contributed by atoms with van der Waals surface area (Å²) < 4.78 is 12.7. The number of halogens is 1. The van der Waals surface area contributed by atoms with Gasteiger partial charge in [-0.2, -0.15) is 0 Å². The van der Waals surface area contributed by atoms with Crippen LogP contribution in [0.15, 0.2) is 86.5 Å². The molecule has 6 heteroatoms. The van der Waals surface area contributed by atoms with Gasteiger partial charge in [0.2, 0.25) is 5.76 Å². The van der Waals surface area contributed by atoms with E-state index in [1.165, 1.54) is 0 Å². The highest BCUT2D eigenvalue weighted by Crippen LogP contribution is 2.39. The van der Waals surface area contributed by atoms with Gasteiger partial charge in [0.15, 0.2) is 5.43 Å². The minimum Gasteiger partial charge on any atom is -0.494 e. The molecular formula is C30H28BrNO4. The SMILES string of the molecule is CCCCCOc1ccc(C2c3c(oc4ccc(Br)cc4c3=O)C(=O)N2CCc2ccccc2)cc1. The van der Waals surface area contributed by atoms with E-state index in [9.17, 15) is 9.59 Å². The van der Waals surface area contributed by atoms with Gasteiger partial charge in [0.1, 0.15) is 11.3 Å². The van der Waals surface area contributed by atoms with Gasteiger partial charge >= 0.3 is 0 Å². The van der Waals surface area contributed by atoms with E-state index in [2.05, 4.69) is 22.9 Å². The van der Waals surface area contributed by atoms with Crippen molar-refractivity contribution in [3.63, 3.8) is 0 Å². The standard InChI is InChI=1S/C30H28BrNO4/c1-2-3-7-18-35-23-13-10-21(11-14-23)27-26-28(33)24-19-22(31)12-15-25(24)36-29(26)30(34)32(27)17-16-20-8-5-4-6-9-20/h4-6,8-15,19,27H,2-3,7,16-18H2,1H3. The first-order chi connectivity index (χ1) is 17.6. The summed E-state index contributed by atoms with van der Waals surface area (Å²) in [6.45, 7) is 3.30. The van der Waals surface area contributed by atoms with Crippen LogP contribution in [0.2, 0.25) is 0 Å². The van der Waals surface area contributed by atoms with Gasteiger partial charge in [0.25, 0.3) is 5.91 Å². The maximum atomic E-state index is 13.7. The van der Waals surface area contributed by atoms with Gasteiger partial charge in [-0.05, 0) is 54.3 Å². The van der Waals surface area contributed by atoms with E-state index in [-0.39, 0.29) is 17.1 Å². The molecule has 0 saturated carbocycles. The average molecular weight is 546 g/mol. The Morgan fingerprint density at radius 3 is 2.50 bits per heavy atom. The lowest BCUT2D eigenvalue weighted by molar-refractivity contribution is 0.0730. The van der Waals surface area contributed by atoms with Crippen LogP contribution in [0.25, 0.3) is 11.0 Å². The molecule has 0 spiro atoms. The van der Waals surface area contributed by atoms with Crippen LogP contribution in [-0.4, -0.2) is 24.0 Å². The van der Waals surface area contributed by atoms with Crippen molar-refractivity contribution >= 4 is 32.8 Å². The van der Waals surface area contributed by atoms with E-state index in [1.807, 2.05) is 54.6 Å². The summed E-state index contributed by atoms with van der Waals surface area (Å²) in [5.41, 5.74) is 2.62. The zero-order chi connectivity index (χ0) is 25.1. The van der Waals surface area contributed by atoms with E-state index >= 15 is 0 Å². The van der Waals surface area contributed by atoms with E-state index in [0.29, 0.717) is 36.1 Å². The van der Waals surface area contributed by atoms with Crippen molar-refractivity contribution < 1.29 is 13.9 Å². The van der Waals surface area contributed by atoms with Crippen molar-refractivity contribution in [1.82, 2.24) is 4.90 Å². The van der Waals surface area contributed by atoms with Gasteiger partial charge in [-0.15, -0.1) is 0 Å². The lowest BCUT2D eigenvalue weighted by atomic mass is 9.98. The maximum Gasteiger partial charge on any atom is 0.290 e. The summed E-state index contributed by atoms with van der Waals surface area (Å²) in [7, 11) is 0. The number of ether oxygens (including phenoxy) is 1. The van der Waals surface area contributed by atoms with E-state index in [1.54, 1.807) is 23.1 Å². The Bertz CT molecular complexity index is 1430. The lowest BCUT2D eigenvalue weighted by Gasteiger charge is -2.25. The van der Waals surface area contributed by atoms with Crippen LogP contribution in [0.5, 0.6) is 5.75 Å². The Kier molecular flexibility index (Phi) is 7.23. The van der Waals surface area contributed by atoms with Crippen LogP contribution < -0.4 is 10.2 Å². The Balaban J connectivity index is 1.53. The minimum atomic E-state index is -0.523. The first kappa shape index (κ1) is 24.3. The number of benzene rings is 3. The van der Waals surface area contributed by atoms with Gasteiger partial charge in [0, 0.05) is 11.0 Å². The monoisotopic (exact) mass is 545 g/mol. The summed E-state index contributed by atoms with van der Waals surface area (Å²) in [5, 5.41) is 0.460. The zero-order valence-electron chi connectivity index (χ0n) is 20.2. The Hall–Kier alpha value is -3.38. The van der Waals surface area contributed by atoms with Crippen molar-refractivity contribution in [3.8, 4) is 5.75 Å². The molecule has 2 heterocycles. The molecule has 1 amide bonds. The van der Waals surface area contributed by atoms with Gasteiger partial charge < -0.3 is 14.1 Å². The summed E-state index contributed by atoms with van der Waals surface area (Å²) in [6, 6.07) is 22.5. The number of nitrogens with zero attached hydrogens (tertiary/aromatic N) is 1. The molecule has 36 heavy (non-hydrogen) atoms. The number of carbonyl (C=O) groups excluding carboxylic acids is 1. The molecule has 1 aliphatic rings. The molecule has 5 nitrogen and oxygen atoms in total. The van der Waals surface area contributed by atoms with Crippen molar-refractivity contribution in [2.75, 3.05) is 13.2 Å². The molecule has 4 aromatic rings. The summed E-state index contributed by atoms with van der Waals surface area (Å²) in [4.78, 5) is 29.1. The molecule has 5 rings (SSSR count). The molecule has 1 atom stereocenters. The fraction of sp³-hybridized carbons (Fsp3) is 0.267. The predicted octanol–water partition coefficient (Wildman–Crippen LogP) is 6.91. The van der Waals surface area contributed by atoms with E-state index in [0.717, 1.165) is 40.6 Å². The van der Waals surface area contributed by atoms with E-state index in [4.69, 9.17) is 9.15 Å². The smallest absolute Gasteiger partial charge is 0.290 e. The molecule has 0 fully saturated rings. The molecule has 3 aromatic carbocycles. The fourth-order valence-electron chi connectivity index (χ4n) is 4.75. The minimum absolute atomic E-state index is 0.132. The van der Waals surface area contributed by atoms with Crippen molar-refractivity contribution in [3.05, 3.63) is 110 Å². The first-order valence-electron chi connectivity index (χ1n) is 12.4. The molecule has 1 aromatic heterocycles. The number of fused-ring (bicyclic) bond motifs is 2. The van der Waals surface area contributed by atoms with Gasteiger partial charge in [-0.25, -0.2) is 0 Å². The quantitative estimate of drug-likeness (QED) is 0.214. The molecule has 1 unspecified atom stereocenters. The topological polar surface area (TPSA) is 59.8 Å². The second kappa shape index (κ2) is 10.7. The lowest BCUT2D eigenvalue weighted by Crippen LogP contribution is -2.31. The highest BCUT2D eigenvalue weighted by atomic mass is 79.9. The molecule has 0 radical (unpaired) electrons. The number of carbonyl (C=O) groups is 1. The third kappa shape index (κ3) is 4.82. The van der Waals surface area contributed by atoms with Gasteiger partial charge in [0.05, 0.1) is 23.6 Å². The third-order valence-corrected chi connectivity index (χ3v) is 7.12. The van der Waals surface area contributed by atoms with Crippen LogP contribution in [0, 0.1) is 0 Å². The van der Waals surface area contributed by atoms with Crippen LogP contribution in [0.3, 0.4) is 0 Å². The highest BCUT2D eigenvalue weighted by Gasteiger charge is 2.42. The predicted molar refractivity (Wildman–Crippen MR) is 145 cm³/mol. The third-order valence-electron chi connectivity index (χ3n) is 6.62. The largest absolute Gasteiger partial charge is 0.494 e. The van der Waals surface area contributed by atoms with Crippen molar-refractivity contribution in [2.24, 2.45) is 0 Å². The average Bonchev–Trinajstić information content (AvgIpc) is 3.18. The fourth-order valence-corrected chi connectivity index (χ4v) is 5.11. The van der Waals surface area contributed by atoms with Crippen molar-refractivity contribution in [1.29, 1.82) is 0 Å². The van der Waals surface area contributed by atoms with Crippen LogP contribution in [0.4, 0.5) is 0 Å². The first-order valence-corrected chi connectivity index (χ1v) is 13.2. The Morgan fingerprint density at radius 2 is 1.75 bits per heavy atom. The number of hydrogen-bond donors (Lipinski definition) is 0. The molecule has 0 saturated heterocycles. The summed E-state index contributed by atoms with van der Waals surface area (Å²) in [6.07, 6.45) is 3.97. The number of amides is 1. The van der Waals surface area contributed by atoms with Crippen LogP contribution >= 0.6 is 15.9 Å². The Labute approximate surface area is 218 Å². The summed E-state index contributed by atoms with van der Waals surface area (Å²) >= 11 is 3.45. The van der Waals surface area contributed by atoms with Gasteiger partial charge in [-0.3, -0.25) is 9.59 Å².